The van der Waals surface area contributed by atoms with Crippen molar-refractivity contribution in [2.75, 3.05) is 11.1 Å². The van der Waals surface area contributed by atoms with Gasteiger partial charge in [-0.3, -0.25) is 4.98 Å². The second-order valence-corrected chi connectivity index (χ2v) is 3.91. The van der Waals surface area contributed by atoms with Crippen LogP contribution in [0.15, 0.2) is 36.7 Å². The van der Waals surface area contributed by atoms with Crippen LogP contribution in [0.25, 0.3) is 0 Å². The van der Waals surface area contributed by atoms with Crippen LogP contribution in [0.3, 0.4) is 0 Å². The molecule has 3 N–H and O–H groups in total. The molecular weight excluding hydrogens is 222 g/mol. The minimum absolute atomic E-state index is 0.613. The third-order valence-electron chi connectivity index (χ3n) is 2.39. The Bertz CT molecular complexity index is 511. The summed E-state index contributed by atoms with van der Waals surface area (Å²) < 4.78 is 0. The molecule has 0 saturated heterocycles. The van der Waals surface area contributed by atoms with E-state index in [-0.39, 0.29) is 0 Å². The molecule has 0 amide bonds. The van der Waals surface area contributed by atoms with Crippen LogP contribution in [0.5, 0.6) is 0 Å². The first-order chi connectivity index (χ1) is 7.68. The fraction of sp³-hybridized carbons (Fsp3) is 0.0833. The summed E-state index contributed by atoms with van der Waals surface area (Å²) in [7, 11) is 0. The van der Waals surface area contributed by atoms with Gasteiger partial charge in [0.05, 0.1) is 17.6 Å². The topological polar surface area (TPSA) is 50.9 Å². The highest BCUT2D eigenvalue weighted by Gasteiger charge is 2.03. The standard InChI is InChI=1S/C12H12ClN3/c1-8-9(13)3-2-4-11(8)16-12-5-6-15-7-10(12)14/h2-7H,14H2,1H3,(H,15,16). The molecule has 0 bridgehead atoms. The fourth-order valence-electron chi connectivity index (χ4n) is 1.41. The number of nitrogen functional groups attached to an aromatic ring is 1. The van der Waals surface area contributed by atoms with E-state index in [0.29, 0.717) is 5.69 Å². The summed E-state index contributed by atoms with van der Waals surface area (Å²) in [5, 5.41) is 3.97. The van der Waals surface area contributed by atoms with Crippen molar-refractivity contribution in [3.63, 3.8) is 0 Å². The van der Waals surface area contributed by atoms with Crippen LogP contribution in [-0.2, 0) is 0 Å². The van der Waals surface area contributed by atoms with Crippen molar-refractivity contribution in [2.24, 2.45) is 0 Å². The SMILES string of the molecule is Cc1c(Cl)cccc1Nc1ccncc1N. The Morgan fingerprint density at radius 1 is 1.25 bits per heavy atom. The third kappa shape index (κ3) is 2.09. The van der Waals surface area contributed by atoms with Crippen molar-refractivity contribution in [3.8, 4) is 0 Å². The largest absolute Gasteiger partial charge is 0.396 e. The maximum atomic E-state index is 6.04. The molecule has 0 spiro atoms. The molecule has 0 aliphatic heterocycles. The number of anilines is 3. The number of hydrogen-bond acceptors (Lipinski definition) is 3. The Labute approximate surface area is 99.3 Å². The number of halogens is 1. The Hall–Kier alpha value is -1.74. The average molecular weight is 234 g/mol. The maximum absolute atomic E-state index is 6.04. The zero-order valence-corrected chi connectivity index (χ0v) is 9.62. The van der Waals surface area contributed by atoms with Crippen LogP contribution in [0.4, 0.5) is 17.1 Å². The van der Waals surface area contributed by atoms with E-state index in [1.807, 2.05) is 31.2 Å². The van der Waals surface area contributed by atoms with E-state index in [1.54, 1.807) is 12.4 Å². The number of rotatable bonds is 2. The van der Waals surface area contributed by atoms with E-state index in [4.69, 9.17) is 17.3 Å². The molecule has 4 heteroatoms. The molecule has 0 saturated carbocycles. The van der Waals surface area contributed by atoms with Gasteiger partial charge in [0, 0.05) is 16.9 Å². The van der Waals surface area contributed by atoms with Gasteiger partial charge in [-0.15, -0.1) is 0 Å². The molecule has 0 radical (unpaired) electrons. The minimum atomic E-state index is 0.613. The van der Waals surface area contributed by atoms with Crippen molar-refractivity contribution in [2.45, 2.75) is 6.92 Å². The van der Waals surface area contributed by atoms with Gasteiger partial charge in [-0.05, 0) is 30.7 Å². The molecule has 0 unspecified atom stereocenters. The van der Waals surface area contributed by atoms with E-state index in [9.17, 15) is 0 Å². The van der Waals surface area contributed by atoms with E-state index >= 15 is 0 Å². The van der Waals surface area contributed by atoms with Gasteiger partial charge < -0.3 is 11.1 Å². The van der Waals surface area contributed by atoms with Crippen molar-refractivity contribution in [1.82, 2.24) is 4.98 Å². The van der Waals surface area contributed by atoms with Crippen molar-refractivity contribution in [1.29, 1.82) is 0 Å². The second kappa shape index (κ2) is 4.41. The van der Waals surface area contributed by atoms with Crippen LogP contribution in [0, 0.1) is 6.92 Å². The third-order valence-corrected chi connectivity index (χ3v) is 2.80. The second-order valence-electron chi connectivity index (χ2n) is 3.50. The predicted octanol–water partition coefficient (Wildman–Crippen LogP) is 3.37. The summed E-state index contributed by atoms with van der Waals surface area (Å²) in [6, 6.07) is 7.55. The lowest BCUT2D eigenvalue weighted by molar-refractivity contribution is 1.32. The summed E-state index contributed by atoms with van der Waals surface area (Å²) in [6.45, 7) is 1.96. The number of aromatic nitrogens is 1. The van der Waals surface area contributed by atoms with E-state index < -0.39 is 0 Å². The highest BCUT2D eigenvalue weighted by Crippen LogP contribution is 2.27. The molecule has 1 aromatic heterocycles. The van der Waals surface area contributed by atoms with Gasteiger partial charge in [-0.25, -0.2) is 0 Å². The van der Waals surface area contributed by atoms with Crippen molar-refractivity contribution < 1.29 is 0 Å². The lowest BCUT2D eigenvalue weighted by Gasteiger charge is -2.11. The first kappa shape index (κ1) is 10.8. The highest BCUT2D eigenvalue weighted by atomic mass is 35.5. The minimum Gasteiger partial charge on any atom is -0.396 e. The van der Waals surface area contributed by atoms with Crippen LogP contribution in [0.1, 0.15) is 5.56 Å². The molecule has 0 fully saturated rings. The zero-order chi connectivity index (χ0) is 11.5. The Kier molecular flexibility index (Phi) is 2.97. The number of pyridine rings is 1. The summed E-state index contributed by atoms with van der Waals surface area (Å²) in [4.78, 5) is 3.94. The van der Waals surface area contributed by atoms with Gasteiger partial charge in [0.1, 0.15) is 0 Å². The van der Waals surface area contributed by atoms with E-state index in [1.165, 1.54) is 0 Å². The zero-order valence-electron chi connectivity index (χ0n) is 8.87. The monoisotopic (exact) mass is 233 g/mol. The van der Waals surface area contributed by atoms with E-state index in [0.717, 1.165) is 22.0 Å². The average Bonchev–Trinajstić information content (AvgIpc) is 2.28. The summed E-state index contributed by atoms with van der Waals surface area (Å²) in [5.41, 5.74) is 9.19. The van der Waals surface area contributed by atoms with Gasteiger partial charge in [0.2, 0.25) is 0 Å². The molecule has 0 aliphatic carbocycles. The molecule has 16 heavy (non-hydrogen) atoms. The Balaban J connectivity index is 2.35. The molecule has 2 aromatic rings. The number of hydrogen-bond donors (Lipinski definition) is 2. The van der Waals surface area contributed by atoms with Gasteiger partial charge in [0.25, 0.3) is 0 Å². The number of nitrogens with two attached hydrogens (primary N) is 1. The van der Waals surface area contributed by atoms with Crippen molar-refractivity contribution in [3.05, 3.63) is 47.2 Å². The molecule has 1 aromatic carbocycles. The predicted molar refractivity (Wildman–Crippen MR) is 68.1 cm³/mol. The number of nitrogens with zero attached hydrogens (tertiary/aromatic N) is 1. The van der Waals surface area contributed by atoms with Crippen LogP contribution >= 0.6 is 11.6 Å². The Morgan fingerprint density at radius 3 is 2.81 bits per heavy atom. The first-order valence-electron chi connectivity index (χ1n) is 4.90. The maximum Gasteiger partial charge on any atom is 0.0739 e. The molecule has 1 heterocycles. The van der Waals surface area contributed by atoms with Gasteiger partial charge in [-0.1, -0.05) is 17.7 Å². The van der Waals surface area contributed by atoms with Gasteiger partial charge in [-0.2, -0.15) is 0 Å². The summed E-state index contributed by atoms with van der Waals surface area (Å²) >= 11 is 6.04. The number of nitrogens with one attached hydrogen (secondary N) is 1. The van der Waals surface area contributed by atoms with Crippen LogP contribution < -0.4 is 11.1 Å². The lowest BCUT2D eigenvalue weighted by Crippen LogP contribution is -1.98. The molecule has 0 atom stereocenters. The smallest absolute Gasteiger partial charge is 0.0739 e. The van der Waals surface area contributed by atoms with Gasteiger partial charge >= 0.3 is 0 Å². The normalized spacial score (nSPS) is 10.1. The molecule has 0 aliphatic rings. The van der Waals surface area contributed by atoms with Gasteiger partial charge in [0.15, 0.2) is 0 Å². The van der Waals surface area contributed by atoms with Crippen LogP contribution in [0.2, 0.25) is 5.02 Å². The summed E-state index contributed by atoms with van der Waals surface area (Å²) in [5.74, 6) is 0. The molecule has 2 rings (SSSR count). The van der Waals surface area contributed by atoms with Crippen molar-refractivity contribution >= 4 is 28.7 Å². The first-order valence-corrected chi connectivity index (χ1v) is 5.28. The lowest BCUT2D eigenvalue weighted by atomic mass is 10.2. The van der Waals surface area contributed by atoms with Crippen LogP contribution in [-0.4, -0.2) is 4.98 Å². The fourth-order valence-corrected chi connectivity index (χ4v) is 1.58. The van der Waals surface area contributed by atoms with E-state index in [2.05, 4.69) is 10.3 Å². The quantitative estimate of drug-likeness (QED) is 0.836. The molecule has 82 valence electrons. The highest BCUT2D eigenvalue weighted by molar-refractivity contribution is 6.31. The molecule has 3 nitrogen and oxygen atoms in total. The number of benzene rings is 1. The summed E-state index contributed by atoms with van der Waals surface area (Å²) in [6.07, 6.45) is 3.31. The Morgan fingerprint density at radius 2 is 2.06 bits per heavy atom. The molecular formula is C12H12ClN3.